The highest BCUT2D eigenvalue weighted by molar-refractivity contribution is 9.10. The zero-order valence-corrected chi connectivity index (χ0v) is 13.6. The summed E-state index contributed by atoms with van der Waals surface area (Å²) in [4.78, 5) is 0.636. The topological polar surface area (TPSA) is 43.1 Å². The molecule has 0 aromatic heterocycles. The summed E-state index contributed by atoms with van der Waals surface area (Å²) in [5, 5.41) is 0.849. The van der Waals surface area contributed by atoms with Crippen molar-refractivity contribution in [1.82, 2.24) is 0 Å². The van der Waals surface area contributed by atoms with Gasteiger partial charge in [0.1, 0.15) is 0 Å². The van der Waals surface area contributed by atoms with E-state index >= 15 is 0 Å². The van der Waals surface area contributed by atoms with Crippen LogP contribution in [0.25, 0.3) is 0 Å². The molecule has 2 aromatic carbocycles. The molecule has 2 aromatic rings. The van der Waals surface area contributed by atoms with Gasteiger partial charge in [0.2, 0.25) is 0 Å². The molecule has 0 saturated carbocycles. The molecule has 0 saturated heterocycles. The minimum atomic E-state index is -1.21. The number of hydrogen-bond donors (Lipinski definition) is 1. The van der Waals surface area contributed by atoms with Crippen molar-refractivity contribution in [3.05, 3.63) is 56.5 Å². The number of anilines is 1. The molecule has 2 N–H and O–H groups in total. The van der Waals surface area contributed by atoms with Gasteiger partial charge in [0.05, 0.1) is 26.6 Å². The molecule has 6 heteroatoms. The molecule has 0 fully saturated rings. The van der Waals surface area contributed by atoms with Gasteiger partial charge in [0, 0.05) is 15.1 Å². The number of nitrogen functional groups attached to an aromatic ring is 1. The highest BCUT2D eigenvalue weighted by Gasteiger charge is 2.10. The fourth-order valence-electron chi connectivity index (χ4n) is 1.54. The van der Waals surface area contributed by atoms with Gasteiger partial charge in [-0.3, -0.25) is 4.21 Å². The summed E-state index contributed by atoms with van der Waals surface area (Å²) >= 11 is 15.1. The average molecular weight is 379 g/mol. The van der Waals surface area contributed by atoms with Crippen LogP contribution in [0, 0.1) is 0 Å². The molecule has 0 aliphatic carbocycles. The number of halogens is 3. The van der Waals surface area contributed by atoms with E-state index in [9.17, 15) is 4.21 Å². The van der Waals surface area contributed by atoms with Crippen molar-refractivity contribution in [2.75, 3.05) is 5.73 Å². The molecule has 1 unspecified atom stereocenters. The first-order chi connectivity index (χ1) is 8.97. The van der Waals surface area contributed by atoms with Crippen LogP contribution in [0.1, 0.15) is 5.56 Å². The Hall–Kier alpha value is -0.550. The summed E-state index contributed by atoms with van der Waals surface area (Å²) < 4.78 is 13.2. The second-order valence-electron chi connectivity index (χ2n) is 3.91. The maximum Gasteiger partial charge on any atom is 0.0604 e. The van der Waals surface area contributed by atoms with Gasteiger partial charge in [-0.2, -0.15) is 0 Å². The SMILES string of the molecule is Nc1cc(Br)ccc1CS(=O)c1ccc(Cl)c(Cl)c1. The first-order valence-corrected chi connectivity index (χ1v) is 8.21. The monoisotopic (exact) mass is 377 g/mol. The minimum absolute atomic E-state index is 0.344. The lowest BCUT2D eigenvalue weighted by molar-refractivity contribution is 0.682. The van der Waals surface area contributed by atoms with Crippen molar-refractivity contribution in [1.29, 1.82) is 0 Å². The fraction of sp³-hybridized carbons (Fsp3) is 0.0769. The highest BCUT2D eigenvalue weighted by atomic mass is 79.9. The van der Waals surface area contributed by atoms with E-state index in [2.05, 4.69) is 15.9 Å². The van der Waals surface area contributed by atoms with E-state index in [1.165, 1.54) is 0 Å². The first kappa shape index (κ1) is 14.9. The molecule has 0 heterocycles. The zero-order valence-electron chi connectivity index (χ0n) is 9.70. The molecule has 19 heavy (non-hydrogen) atoms. The molecule has 1 atom stereocenters. The van der Waals surface area contributed by atoms with E-state index in [1.807, 2.05) is 12.1 Å². The number of hydrogen-bond acceptors (Lipinski definition) is 2. The van der Waals surface area contributed by atoms with Crippen molar-refractivity contribution in [2.45, 2.75) is 10.6 Å². The van der Waals surface area contributed by atoms with Gasteiger partial charge in [0.15, 0.2) is 0 Å². The van der Waals surface area contributed by atoms with Gasteiger partial charge in [-0.25, -0.2) is 0 Å². The van der Waals surface area contributed by atoms with Crippen molar-refractivity contribution in [3.63, 3.8) is 0 Å². The molecule has 0 amide bonds. The predicted octanol–water partition coefficient (Wildman–Crippen LogP) is 4.65. The maximum absolute atomic E-state index is 12.3. The van der Waals surface area contributed by atoms with E-state index in [0.717, 1.165) is 10.0 Å². The van der Waals surface area contributed by atoms with Crippen molar-refractivity contribution >= 4 is 55.6 Å². The van der Waals surface area contributed by atoms with Crippen LogP contribution in [0.2, 0.25) is 10.0 Å². The van der Waals surface area contributed by atoms with Crippen molar-refractivity contribution < 1.29 is 4.21 Å². The first-order valence-electron chi connectivity index (χ1n) is 5.34. The average Bonchev–Trinajstić information content (AvgIpc) is 2.36. The van der Waals surface area contributed by atoms with Crippen molar-refractivity contribution in [2.24, 2.45) is 0 Å². The Morgan fingerprint density at radius 1 is 1.11 bits per heavy atom. The molecule has 2 rings (SSSR count). The smallest absolute Gasteiger partial charge is 0.0604 e. The summed E-state index contributed by atoms with van der Waals surface area (Å²) in [6, 6.07) is 10.5. The van der Waals surface area contributed by atoms with Crippen LogP contribution in [0.3, 0.4) is 0 Å². The lowest BCUT2D eigenvalue weighted by Crippen LogP contribution is -2.00. The normalized spacial score (nSPS) is 12.4. The highest BCUT2D eigenvalue weighted by Crippen LogP contribution is 2.26. The molecule has 100 valence electrons. The third-order valence-electron chi connectivity index (χ3n) is 2.55. The van der Waals surface area contributed by atoms with E-state index in [1.54, 1.807) is 24.3 Å². The number of benzene rings is 2. The van der Waals surface area contributed by atoms with Crippen LogP contribution >= 0.6 is 39.1 Å². The van der Waals surface area contributed by atoms with Crippen LogP contribution < -0.4 is 5.73 Å². The number of rotatable bonds is 3. The fourth-order valence-corrected chi connectivity index (χ4v) is 3.46. The maximum atomic E-state index is 12.3. The van der Waals surface area contributed by atoms with Gasteiger partial charge in [-0.05, 0) is 35.9 Å². The zero-order chi connectivity index (χ0) is 14.0. The summed E-state index contributed by atoms with van der Waals surface area (Å²) in [6.07, 6.45) is 0. The second-order valence-corrected chi connectivity index (χ2v) is 7.09. The molecule has 2 nitrogen and oxygen atoms in total. The second kappa shape index (κ2) is 6.27. The van der Waals surface area contributed by atoms with E-state index in [4.69, 9.17) is 28.9 Å². The summed E-state index contributed by atoms with van der Waals surface area (Å²) in [5.41, 5.74) is 7.34. The van der Waals surface area contributed by atoms with Crippen LogP contribution in [0.5, 0.6) is 0 Å². The Labute approximate surface area is 132 Å². The van der Waals surface area contributed by atoms with Gasteiger partial charge in [-0.1, -0.05) is 45.2 Å². The number of nitrogens with two attached hydrogens (primary N) is 1. The third-order valence-corrected chi connectivity index (χ3v) is 5.13. The quantitative estimate of drug-likeness (QED) is 0.790. The molecule has 0 radical (unpaired) electrons. The largest absolute Gasteiger partial charge is 0.398 e. The van der Waals surface area contributed by atoms with E-state index in [-0.39, 0.29) is 0 Å². The van der Waals surface area contributed by atoms with Crippen LogP contribution in [-0.4, -0.2) is 4.21 Å². The molecular formula is C13H10BrCl2NOS. The van der Waals surface area contributed by atoms with Gasteiger partial charge in [0.25, 0.3) is 0 Å². The van der Waals surface area contributed by atoms with E-state index in [0.29, 0.717) is 26.4 Å². The summed E-state index contributed by atoms with van der Waals surface area (Å²) in [5.74, 6) is 0.344. The molecule has 0 aliphatic heterocycles. The Morgan fingerprint density at radius 2 is 1.84 bits per heavy atom. The van der Waals surface area contributed by atoms with Gasteiger partial charge >= 0.3 is 0 Å². The lowest BCUT2D eigenvalue weighted by atomic mass is 10.2. The Balaban J connectivity index is 2.23. The van der Waals surface area contributed by atoms with Crippen LogP contribution in [0.4, 0.5) is 5.69 Å². The van der Waals surface area contributed by atoms with Gasteiger partial charge in [-0.15, -0.1) is 0 Å². The summed E-state index contributed by atoms with van der Waals surface area (Å²) in [6.45, 7) is 0. The van der Waals surface area contributed by atoms with Gasteiger partial charge < -0.3 is 5.73 Å². The Morgan fingerprint density at radius 3 is 2.47 bits per heavy atom. The third kappa shape index (κ3) is 3.72. The Bertz CT molecular complexity index is 649. The standard InChI is InChI=1S/C13H10BrCl2NOS/c14-9-2-1-8(13(17)5-9)7-19(18)10-3-4-11(15)12(16)6-10/h1-6H,7,17H2. The Kier molecular flexibility index (Phi) is 4.90. The minimum Gasteiger partial charge on any atom is -0.398 e. The molecule has 0 bridgehead atoms. The van der Waals surface area contributed by atoms with Crippen molar-refractivity contribution in [3.8, 4) is 0 Å². The molecule has 0 aliphatic rings. The molecule has 0 spiro atoms. The van der Waals surface area contributed by atoms with Crippen LogP contribution in [-0.2, 0) is 16.6 Å². The predicted molar refractivity (Wildman–Crippen MR) is 85.1 cm³/mol. The summed E-state index contributed by atoms with van der Waals surface area (Å²) in [7, 11) is -1.21. The lowest BCUT2D eigenvalue weighted by Gasteiger charge is -2.07. The molecular weight excluding hydrogens is 369 g/mol. The van der Waals surface area contributed by atoms with Crippen LogP contribution in [0.15, 0.2) is 45.8 Å². The van der Waals surface area contributed by atoms with E-state index < -0.39 is 10.8 Å².